The molecule has 0 aromatic heterocycles. The van der Waals surface area contributed by atoms with Gasteiger partial charge in [-0.1, -0.05) is 20.8 Å². The van der Waals surface area contributed by atoms with Crippen LogP contribution in [-0.4, -0.2) is 66.3 Å². The molecule has 10 heteroatoms. The Bertz CT molecular complexity index is 590. The summed E-state index contributed by atoms with van der Waals surface area (Å²) in [5, 5.41) is 10.4. The summed E-state index contributed by atoms with van der Waals surface area (Å²) in [5.74, 6) is -2.44. The van der Waals surface area contributed by atoms with Crippen molar-refractivity contribution >= 4 is 23.9 Å². The van der Waals surface area contributed by atoms with Crippen molar-refractivity contribution in [1.82, 2.24) is 0 Å². The van der Waals surface area contributed by atoms with E-state index in [1.165, 1.54) is 6.92 Å². The fourth-order valence-corrected chi connectivity index (χ4v) is 2.88. The third kappa shape index (κ3) is 8.27. The van der Waals surface area contributed by atoms with Gasteiger partial charge >= 0.3 is 23.9 Å². The first-order valence-electron chi connectivity index (χ1n) is 10.3. The molecule has 1 unspecified atom stereocenters. The predicted octanol–water partition coefficient (Wildman–Crippen LogP) is 1.40. The van der Waals surface area contributed by atoms with Gasteiger partial charge in [0.1, 0.15) is 12.7 Å². The molecule has 0 bridgehead atoms. The molecule has 10 nitrogen and oxygen atoms in total. The summed E-state index contributed by atoms with van der Waals surface area (Å²) in [6, 6.07) is 0. The van der Waals surface area contributed by atoms with Gasteiger partial charge < -0.3 is 28.8 Å². The number of rotatable bonds is 11. The second kappa shape index (κ2) is 13.2. The van der Waals surface area contributed by atoms with Crippen molar-refractivity contribution in [2.24, 2.45) is 0 Å². The highest BCUT2D eigenvalue weighted by Gasteiger charge is 2.52. The van der Waals surface area contributed by atoms with E-state index in [1.54, 1.807) is 20.8 Å². The van der Waals surface area contributed by atoms with E-state index in [0.29, 0.717) is 19.3 Å². The third-order valence-electron chi connectivity index (χ3n) is 4.23. The zero-order valence-electron chi connectivity index (χ0n) is 18.0. The standard InChI is InChI=1S/C20H32O10/c1-5-8-14(22)28-17-13(11-26-12(4)21)27-20(25)19(30-16(24)10-7-3)18(17)29-15(23)9-6-2/h13,17-20,25H,5-11H2,1-4H3/t13-,17-,18+,19-,20?/m1/s1. The van der Waals surface area contributed by atoms with Crippen LogP contribution >= 0.6 is 0 Å². The lowest BCUT2D eigenvalue weighted by Crippen LogP contribution is -2.62. The number of ether oxygens (including phenoxy) is 5. The average molecular weight is 432 g/mol. The lowest BCUT2D eigenvalue weighted by Gasteiger charge is -2.42. The topological polar surface area (TPSA) is 135 Å². The first kappa shape index (κ1) is 25.8. The predicted molar refractivity (Wildman–Crippen MR) is 102 cm³/mol. The molecule has 172 valence electrons. The van der Waals surface area contributed by atoms with Crippen LogP contribution in [0.15, 0.2) is 0 Å². The second-order valence-electron chi connectivity index (χ2n) is 6.98. The van der Waals surface area contributed by atoms with Crippen LogP contribution in [0.1, 0.15) is 66.2 Å². The highest BCUT2D eigenvalue weighted by molar-refractivity contribution is 5.71. The lowest BCUT2D eigenvalue weighted by molar-refractivity contribution is -0.297. The number of aliphatic hydroxyl groups excluding tert-OH is 1. The van der Waals surface area contributed by atoms with Gasteiger partial charge in [-0.3, -0.25) is 19.2 Å². The van der Waals surface area contributed by atoms with Gasteiger partial charge in [0.05, 0.1) is 0 Å². The fourth-order valence-electron chi connectivity index (χ4n) is 2.88. The number of carbonyl (C=O) groups is 4. The monoisotopic (exact) mass is 432 g/mol. The normalized spacial score (nSPS) is 25.8. The maximum Gasteiger partial charge on any atom is 0.306 e. The van der Waals surface area contributed by atoms with Gasteiger partial charge in [-0.15, -0.1) is 0 Å². The summed E-state index contributed by atoms with van der Waals surface area (Å²) in [4.78, 5) is 47.6. The molecule has 0 saturated carbocycles. The number of hydrogen-bond donors (Lipinski definition) is 1. The molecule has 1 aliphatic heterocycles. The van der Waals surface area contributed by atoms with Crippen molar-refractivity contribution in [2.75, 3.05) is 6.61 Å². The van der Waals surface area contributed by atoms with Crippen LogP contribution in [0.25, 0.3) is 0 Å². The number of hydrogen-bond acceptors (Lipinski definition) is 10. The first-order valence-corrected chi connectivity index (χ1v) is 10.3. The SMILES string of the molecule is CCCC(=O)O[C@H]1[C@H](OC(=O)CCC)[C@@H](OC(=O)CCC)C(O)O[C@@H]1COC(C)=O. The van der Waals surface area contributed by atoms with Crippen LogP contribution < -0.4 is 0 Å². The molecule has 0 aromatic rings. The summed E-state index contributed by atoms with van der Waals surface area (Å²) in [6.45, 7) is 6.17. The lowest BCUT2D eigenvalue weighted by atomic mass is 9.98. The fraction of sp³-hybridized carbons (Fsp3) is 0.800. The summed E-state index contributed by atoms with van der Waals surface area (Å²) >= 11 is 0. The molecule has 0 amide bonds. The summed E-state index contributed by atoms with van der Waals surface area (Å²) in [6.07, 6.45) is -5.00. The second-order valence-corrected chi connectivity index (χ2v) is 6.98. The largest absolute Gasteiger partial charge is 0.463 e. The Kier molecular flexibility index (Phi) is 11.3. The maximum atomic E-state index is 12.2. The number of aliphatic hydroxyl groups is 1. The van der Waals surface area contributed by atoms with E-state index in [9.17, 15) is 24.3 Å². The Morgan fingerprint density at radius 2 is 1.20 bits per heavy atom. The van der Waals surface area contributed by atoms with Crippen molar-refractivity contribution < 1.29 is 48.0 Å². The molecule has 5 atom stereocenters. The van der Waals surface area contributed by atoms with E-state index in [0.717, 1.165) is 0 Å². The molecule has 1 aliphatic rings. The minimum absolute atomic E-state index is 0.0767. The Hall–Kier alpha value is -2.20. The zero-order chi connectivity index (χ0) is 22.7. The summed E-state index contributed by atoms with van der Waals surface area (Å²) < 4.78 is 26.6. The van der Waals surface area contributed by atoms with Gasteiger partial charge in [0.15, 0.2) is 24.6 Å². The van der Waals surface area contributed by atoms with Gasteiger partial charge in [0.2, 0.25) is 0 Å². The van der Waals surface area contributed by atoms with E-state index in [1.807, 2.05) is 0 Å². The molecule has 0 spiro atoms. The maximum absolute atomic E-state index is 12.2. The zero-order valence-corrected chi connectivity index (χ0v) is 18.0. The van der Waals surface area contributed by atoms with Crippen molar-refractivity contribution in [3.8, 4) is 0 Å². The minimum atomic E-state index is -1.67. The summed E-state index contributed by atoms with van der Waals surface area (Å²) in [5.41, 5.74) is 0. The van der Waals surface area contributed by atoms with Crippen molar-refractivity contribution in [3.05, 3.63) is 0 Å². The highest BCUT2D eigenvalue weighted by Crippen LogP contribution is 2.29. The van der Waals surface area contributed by atoms with Gasteiger partial charge in [-0.05, 0) is 19.3 Å². The van der Waals surface area contributed by atoms with E-state index in [2.05, 4.69) is 0 Å². The minimum Gasteiger partial charge on any atom is -0.463 e. The van der Waals surface area contributed by atoms with Gasteiger partial charge in [0.25, 0.3) is 0 Å². The average Bonchev–Trinajstić information content (AvgIpc) is 2.65. The smallest absolute Gasteiger partial charge is 0.306 e. The summed E-state index contributed by atoms with van der Waals surface area (Å²) in [7, 11) is 0. The van der Waals surface area contributed by atoms with E-state index in [4.69, 9.17) is 23.7 Å². The van der Waals surface area contributed by atoms with Gasteiger partial charge in [-0.25, -0.2) is 0 Å². The highest BCUT2D eigenvalue weighted by atomic mass is 16.7. The van der Waals surface area contributed by atoms with Crippen LogP contribution in [0.2, 0.25) is 0 Å². The molecule has 1 fully saturated rings. The molecule has 1 N–H and O–H groups in total. The van der Waals surface area contributed by atoms with Crippen LogP contribution in [0.5, 0.6) is 0 Å². The van der Waals surface area contributed by atoms with Gasteiger partial charge in [0, 0.05) is 26.2 Å². The molecule has 0 aliphatic carbocycles. The van der Waals surface area contributed by atoms with Crippen molar-refractivity contribution in [3.63, 3.8) is 0 Å². The Balaban J connectivity index is 3.20. The molecule has 30 heavy (non-hydrogen) atoms. The van der Waals surface area contributed by atoms with Crippen molar-refractivity contribution in [1.29, 1.82) is 0 Å². The van der Waals surface area contributed by atoms with Gasteiger partial charge in [-0.2, -0.15) is 0 Å². The van der Waals surface area contributed by atoms with Crippen molar-refractivity contribution in [2.45, 2.75) is 96.9 Å². The molecule has 1 heterocycles. The Morgan fingerprint density at radius 3 is 1.63 bits per heavy atom. The van der Waals surface area contributed by atoms with Crippen LogP contribution in [0, 0.1) is 0 Å². The molecule has 0 aromatic carbocycles. The molecule has 0 radical (unpaired) electrons. The molecular formula is C20H32O10. The number of esters is 4. The van der Waals surface area contributed by atoms with E-state index >= 15 is 0 Å². The molecule has 1 rings (SSSR count). The van der Waals surface area contributed by atoms with E-state index in [-0.39, 0.29) is 25.9 Å². The molecular weight excluding hydrogens is 400 g/mol. The number of carbonyl (C=O) groups excluding carboxylic acids is 4. The first-order chi connectivity index (χ1) is 14.2. The van der Waals surface area contributed by atoms with Crippen LogP contribution in [0.4, 0.5) is 0 Å². The molecule has 1 saturated heterocycles. The Morgan fingerprint density at radius 1 is 0.767 bits per heavy atom. The third-order valence-corrected chi connectivity index (χ3v) is 4.23. The van der Waals surface area contributed by atoms with Crippen LogP contribution in [0.3, 0.4) is 0 Å². The van der Waals surface area contributed by atoms with E-state index < -0.39 is 54.6 Å². The quantitative estimate of drug-likeness (QED) is 0.377. The van der Waals surface area contributed by atoms with Crippen LogP contribution in [-0.2, 0) is 42.9 Å². The Labute approximate surface area is 176 Å².